The van der Waals surface area contributed by atoms with Gasteiger partial charge in [-0.15, -0.1) is 0 Å². The van der Waals surface area contributed by atoms with Crippen molar-refractivity contribution in [3.63, 3.8) is 0 Å². The number of nitrogens with one attached hydrogen (secondary N) is 2. The number of benzene rings is 3. The molecule has 6 N–H and O–H groups in total. The SMILES string of the molecule is N/C(=N\Nc1ccccc1)C(N=Nc1ccccc1)/C(N)=N/Nc1ccccc1. The van der Waals surface area contributed by atoms with Crippen molar-refractivity contribution in [3.05, 3.63) is 91.0 Å². The van der Waals surface area contributed by atoms with Gasteiger partial charge in [0.2, 0.25) is 0 Å². The van der Waals surface area contributed by atoms with Gasteiger partial charge in [-0.1, -0.05) is 54.6 Å². The number of anilines is 2. The lowest BCUT2D eigenvalue weighted by atomic mass is 10.2. The second kappa shape index (κ2) is 10.2. The zero-order valence-corrected chi connectivity index (χ0v) is 15.7. The molecule has 8 heteroatoms. The molecule has 0 aliphatic heterocycles. The number of rotatable bonds is 8. The number of amidine groups is 2. The zero-order chi connectivity index (χ0) is 20.3. The number of azo groups is 1. The maximum Gasteiger partial charge on any atom is 0.188 e. The molecule has 0 aliphatic rings. The van der Waals surface area contributed by atoms with E-state index in [2.05, 4.69) is 31.3 Å². The summed E-state index contributed by atoms with van der Waals surface area (Å²) < 4.78 is 0. The lowest BCUT2D eigenvalue weighted by molar-refractivity contribution is 0.969. The van der Waals surface area contributed by atoms with Gasteiger partial charge in [-0.05, 0) is 36.4 Å². The molecule has 3 aromatic rings. The van der Waals surface area contributed by atoms with Gasteiger partial charge in [-0.25, -0.2) is 0 Å². The third-order valence-corrected chi connectivity index (χ3v) is 3.78. The van der Waals surface area contributed by atoms with Crippen molar-refractivity contribution >= 4 is 28.7 Å². The van der Waals surface area contributed by atoms with E-state index in [1.165, 1.54) is 0 Å². The molecule has 0 amide bonds. The molecule has 3 aromatic carbocycles. The fraction of sp³-hybridized carbons (Fsp3) is 0.0476. The van der Waals surface area contributed by atoms with Gasteiger partial charge < -0.3 is 11.5 Å². The summed E-state index contributed by atoms with van der Waals surface area (Å²) in [5, 5.41) is 16.8. The van der Waals surface area contributed by atoms with Gasteiger partial charge in [0.1, 0.15) is 0 Å². The van der Waals surface area contributed by atoms with E-state index < -0.39 is 6.04 Å². The van der Waals surface area contributed by atoms with Crippen LogP contribution in [0.5, 0.6) is 0 Å². The third kappa shape index (κ3) is 6.17. The van der Waals surface area contributed by atoms with E-state index in [1.807, 2.05) is 91.0 Å². The molecule has 0 saturated heterocycles. The number of nitrogens with two attached hydrogens (primary N) is 2. The molecule has 8 nitrogen and oxygen atoms in total. The fourth-order valence-corrected chi connectivity index (χ4v) is 2.29. The Balaban J connectivity index is 1.80. The summed E-state index contributed by atoms with van der Waals surface area (Å²) in [7, 11) is 0. The molecule has 0 unspecified atom stereocenters. The Bertz CT molecular complexity index is 912. The van der Waals surface area contributed by atoms with Gasteiger partial charge in [0.15, 0.2) is 17.7 Å². The van der Waals surface area contributed by atoms with Crippen molar-refractivity contribution in [2.45, 2.75) is 6.04 Å². The predicted octanol–water partition coefficient (Wildman–Crippen LogP) is 3.91. The Morgan fingerprint density at radius 3 is 1.48 bits per heavy atom. The van der Waals surface area contributed by atoms with E-state index in [4.69, 9.17) is 11.5 Å². The van der Waals surface area contributed by atoms with Gasteiger partial charge in [0.25, 0.3) is 0 Å². The molecule has 0 fully saturated rings. The number of nitrogens with zero attached hydrogens (tertiary/aromatic N) is 4. The molecule has 3 rings (SSSR count). The number of para-hydroxylation sites is 2. The molecule has 0 radical (unpaired) electrons. The van der Waals surface area contributed by atoms with E-state index in [1.54, 1.807) is 0 Å². The Labute approximate surface area is 169 Å². The van der Waals surface area contributed by atoms with Crippen molar-refractivity contribution in [1.29, 1.82) is 0 Å². The van der Waals surface area contributed by atoms with Crippen molar-refractivity contribution in [2.24, 2.45) is 31.9 Å². The largest absolute Gasteiger partial charge is 0.383 e. The maximum absolute atomic E-state index is 6.14. The summed E-state index contributed by atoms with van der Waals surface area (Å²) in [5.41, 5.74) is 20.3. The predicted molar refractivity (Wildman–Crippen MR) is 118 cm³/mol. The first-order valence-corrected chi connectivity index (χ1v) is 8.96. The molecule has 0 saturated carbocycles. The molecule has 29 heavy (non-hydrogen) atoms. The quantitative estimate of drug-likeness (QED) is 0.203. The lowest BCUT2D eigenvalue weighted by Gasteiger charge is -2.11. The van der Waals surface area contributed by atoms with Crippen molar-refractivity contribution in [2.75, 3.05) is 10.9 Å². The smallest absolute Gasteiger partial charge is 0.188 e. The lowest BCUT2D eigenvalue weighted by Crippen LogP contribution is -2.40. The Hall–Kier alpha value is -4.20. The van der Waals surface area contributed by atoms with Crippen LogP contribution in [-0.4, -0.2) is 17.7 Å². The van der Waals surface area contributed by atoms with E-state index in [9.17, 15) is 0 Å². The van der Waals surface area contributed by atoms with Crippen LogP contribution in [-0.2, 0) is 0 Å². The highest BCUT2D eigenvalue weighted by molar-refractivity contribution is 6.08. The van der Waals surface area contributed by atoms with Crippen LogP contribution >= 0.6 is 0 Å². The van der Waals surface area contributed by atoms with Gasteiger partial charge in [-0.3, -0.25) is 10.9 Å². The van der Waals surface area contributed by atoms with Crippen LogP contribution in [0.4, 0.5) is 17.1 Å². The van der Waals surface area contributed by atoms with Crippen LogP contribution in [0.2, 0.25) is 0 Å². The molecular weight excluding hydrogens is 364 g/mol. The molecule has 0 aromatic heterocycles. The van der Waals surface area contributed by atoms with Crippen LogP contribution in [0, 0.1) is 0 Å². The minimum Gasteiger partial charge on any atom is -0.383 e. The third-order valence-electron chi connectivity index (χ3n) is 3.78. The highest BCUT2D eigenvalue weighted by atomic mass is 15.3. The highest BCUT2D eigenvalue weighted by Gasteiger charge is 2.18. The highest BCUT2D eigenvalue weighted by Crippen LogP contribution is 2.12. The Kier molecular flexibility index (Phi) is 6.89. The standard InChI is InChI=1S/C21H22N8/c22-20(28-25-17-12-6-2-7-13-17)19(27-24-16-10-4-1-5-11-16)21(23)29-26-18-14-8-3-9-15-18/h1-15,19,25-26H,(H2,22,28)(H2,23,29). The van der Waals surface area contributed by atoms with Crippen LogP contribution in [0.15, 0.2) is 111 Å². The number of hydrogen-bond acceptors (Lipinski definition) is 6. The van der Waals surface area contributed by atoms with Crippen LogP contribution in [0.1, 0.15) is 0 Å². The molecule has 0 heterocycles. The summed E-state index contributed by atoms with van der Waals surface area (Å²) in [6, 6.07) is 27.3. The number of hydrazone groups is 2. The van der Waals surface area contributed by atoms with Crippen molar-refractivity contribution < 1.29 is 0 Å². The average molecular weight is 386 g/mol. The van der Waals surface area contributed by atoms with E-state index in [-0.39, 0.29) is 11.7 Å². The Morgan fingerprint density at radius 1 is 0.621 bits per heavy atom. The minimum atomic E-state index is -0.845. The second-order valence-corrected chi connectivity index (χ2v) is 5.98. The van der Waals surface area contributed by atoms with Crippen molar-refractivity contribution in [3.8, 4) is 0 Å². The van der Waals surface area contributed by atoms with Crippen LogP contribution < -0.4 is 22.3 Å². The second-order valence-electron chi connectivity index (χ2n) is 5.98. The normalized spacial score (nSPS) is 13.2. The molecule has 0 bridgehead atoms. The van der Waals surface area contributed by atoms with Crippen LogP contribution in [0.3, 0.4) is 0 Å². The van der Waals surface area contributed by atoms with Gasteiger partial charge in [0.05, 0.1) is 17.1 Å². The summed E-state index contributed by atoms with van der Waals surface area (Å²) in [6.45, 7) is 0. The van der Waals surface area contributed by atoms with Gasteiger partial charge in [-0.2, -0.15) is 20.4 Å². The van der Waals surface area contributed by atoms with E-state index >= 15 is 0 Å². The van der Waals surface area contributed by atoms with Gasteiger partial charge >= 0.3 is 0 Å². The van der Waals surface area contributed by atoms with Gasteiger partial charge in [0, 0.05) is 0 Å². The molecular formula is C21H22N8. The van der Waals surface area contributed by atoms with Crippen LogP contribution in [0.25, 0.3) is 0 Å². The zero-order valence-electron chi connectivity index (χ0n) is 15.7. The topological polar surface area (TPSA) is 126 Å². The van der Waals surface area contributed by atoms with E-state index in [0.717, 1.165) is 11.4 Å². The summed E-state index contributed by atoms with van der Waals surface area (Å²) in [4.78, 5) is 0. The first kappa shape index (κ1) is 19.6. The first-order valence-electron chi connectivity index (χ1n) is 8.96. The average Bonchev–Trinajstić information content (AvgIpc) is 2.78. The summed E-state index contributed by atoms with van der Waals surface area (Å²) in [5.74, 6) is 0.259. The maximum atomic E-state index is 6.14. The summed E-state index contributed by atoms with van der Waals surface area (Å²) in [6.07, 6.45) is 0. The number of hydrogen-bond donors (Lipinski definition) is 4. The minimum absolute atomic E-state index is 0.129. The molecule has 0 atom stereocenters. The van der Waals surface area contributed by atoms with E-state index in [0.29, 0.717) is 5.69 Å². The molecule has 0 spiro atoms. The Morgan fingerprint density at radius 2 is 1.03 bits per heavy atom. The molecule has 146 valence electrons. The first-order chi connectivity index (χ1) is 14.2. The molecule has 0 aliphatic carbocycles. The van der Waals surface area contributed by atoms with Crippen molar-refractivity contribution in [1.82, 2.24) is 0 Å². The summed E-state index contributed by atoms with van der Waals surface area (Å²) >= 11 is 0. The monoisotopic (exact) mass is 386 g/mol. The fourth-order valence-electron chi connectivity index (χ4n) is 2.29.